The molecule has 2 heteroatoms. The number of rotatable bonds is 1. The average Bonchev–Trinajstić information content (AvgIpc) is 2.69. The number of fused-ring (bicyclic) bond motifs is 1. The molecule has 3 rings (SSSR count). The second kappa shape index (κ2) is 3.93. The predicted octanol–water partition coefficient (Wildman–Crippen LogP) is 2.89. The van der Waals surface area contributed by atoms with Gasteiger partial charge in [-0.3, -0.25) is 5.01 Å². The van der Waals surface area contributed by atoms with Crippen molar-refractivity contribution in [3.63, 3.8) is 0 Å². The molecule has 1 aromatic rings. The van der Waals surface area contributed by atoms with Gasteiger partial charge in [-0.2, -0.15) is 5.10 Å². The molecule has 2 nitrogen and oxygen atoms in total. The SMILES string of the molecule is CN1N=C(c2ccccc2)[C@@H]2CCCC[C@@H]21. The Morgan fingerprint density at radius 1 is 1.12 bits per heavy atom. The van der Waals surface area contributed by atoms with E-state index in [-0.39, 0.29) is 0 Å². The highest BCUT2D eigenvalue weighted by Gasteiger charge is 2.37. The number of hydrazone groups is 1. The van der Waals surface area contributed by atoms with Gasteiger partial charge in [0.25, 0.3) is 0 Å². The Morgan fingerprint density at radius 3 is 2.69 bits per heavy atom. The molecule has 0 bridgehead atoms. The van der Waals surface area contributed by atoms with E-state index in [9.17, 15) is 0 Å². The molecule has 0 aromatic heterocycles. The van der Waals surface area contributed by atoms with E-state index in [1.54, 1.807) is 0 Å². The summed E-state index contributed by atoms with van der Waals surface area (Å²) in [6, 6.07) is 11.3. The highest BCUT2D eigenvalue weighted by Crippen LogP contribution is 2.35. The van der Waals surface area contributed by atoms with Gasteiger partial charge in [0.1, 0.15) is 0 Å². The van der Waals surface area contributed by atoms with Crippen molar-refractivity contribution in [2.45, 2.75) is 31.7 Å². The van der Waals surface area contributed by atoms with Crippen molar-refractivity contribution in [3.05, 3.63) is 35.9 Å². The van der Waals surface area contributed by atoms with E-state index in [1.165, 1.54) is 37.0 Å². The summed E-state index contributed by atoms with van der Waals surface area (Å²) in [7, 11) is 2.12. The normalized spacial score (nSPS) is 28.8. The number of hydrogen-bond acceptors (Lipinski definition) is 2. The van der Waals surface area contributed by atoms with Crippen LogP contribution >= 0.6 is 0 Å². The lowest BCUT2D eigenvalue weighted by atomic mass is 9.80. The lowest BCUT2D eigenvalue weighted by Crippen LogP contribution is -2.33. The molecule has 1 heterocycles. The molecule has 16 heavy (non-hydrogen) atoms. The van der Waals surface area contributed by atoms with Crippen LogP contribution in [0.2, 0.25) is 0 Å². The van der Waals surface area contributed by atoms with Gasteiger partial charge in [0, 0.05) is 13.0 Å². The first-order valence-corrected chi connectivity index (χ1v) is 6.23. The van der Waals surface area contributed by atoms with Crippen molar-refractivity contribution >= 4 is 5.71 Å². The van der Waals surface area contributed by atoms with E-state index in [0.29, 0.717) is 12.0 Å². The quantitative estimate of drug-likeness (QED) is 0.702. The zero-order valence-corrected chi connectivity index (χ0v) is 9.76. The minimum atomic E-state index is 0.656. The fraction of sp³-hybridized carbons (Fsp3) is 0.500. The fourth-order valence-electron chi connectivity index (χ4n) is 3.08. The first-order valence-electron chi connectivity index (χ1n) is 6.23. The molecule has 0 unspecified atom stereocenters. The first-order chi connectivity index (χ1) is 7.86. The molecular formula is C14H18N2. The summed E-state index contributed by atoms with van der Waals surface area (Å²) in [4.78, 5) is 0. The Kier molecular flexibility index (Phi) is 2.43. The molecule has 1 aliphatic carbocycles. The molecule has 0 amide bonds. The Morgan fingerprint density at radius 2 is 1.88 bits per heavy atom. The fourth-order valence-corrected chi connectivity index (χ4v) is 3.08. The van der Waals surface area contributed by atoms with Gasteiger partial charge in [-0.15, -0.1) is 0 Å². The molecule has 2 atom stereocenters. The third kappa shape index (κ3) is 1.53. The van der Waals surface area contributed by atoms with Gasteiger partial charge in [0.15, 0.2) is 0 Å². The van der Waals surface area contributed by atoms with Crippen molar-refractivity contribution < 1.29 is 0 Å². The molecule has 0 spiro atoms. The smallest absolute Gasteiger partial charge is 0.0729 e. The molecule has 0 radical (unpaired) electrons. The van der Waals surface area contributed by atoms with Crippen LogP contribution in [-0.4, -0.2) is 23.8 Å². The summed E-state index contributed by atoms with van der Waals surface area (Å²) < 4.78 is 0. The lowest BCUT2D eigenvalue weighted by Gasteiger charge is -2.29. The van der Waals surface area contributed by atoms with Gasteiger partial charge in [0.05, 0.1) is 11.8 Å². The van der Waals surface area contributed by atoms with Crippen LogP contribution in [0.25, 0.3) is 0 Å². The Balaban J connectivity index is 1.93. The molecular weight excluding hydrogens is 196 g/mol. The Bertz CT molecular complexity index is 396. The summed E-state index contributed by atoms with van der Waals surface area (Å²) in [5.41, 5.74) is 2.62. The second-order valence-electron chi connectivity index (χ2n) is 4.88. The van der Waals surface area contributed by atoms with Crippen LogP contribution in [0.1, 0.15) is 31.2 Å². The molecule has 1 fully saturated rings. The van der Waals surface area contributed by atoms with E-state index >= 15 is 0 Å². The van der Waals surface area contributed by atoms with E-state index in [1.807, 2.05) is 0 Å². The monoisotopic (exact) mass is 214 g/mol. The van der Waals surface area contributed by atoms with Crippen molar-refractivity contribution in [2.75, 3.05) is 7.05 Å². The first kappa shape index (κ1) is 9.88. The zero-order chi connectivity index (χ0) is 11.0. The third-order valence-corrected chi connectivity index (χ3v) is 3.90. The van der Waals surface area contributed by atoms with Crippen LogP contribution < -0.4 is 0 Å². The standard InChI is InChI=1S/C14H18N2/c1-16-13-10-6-5-9-12(13)14(15-16)11-7-3-2-4-8-11/h2-4,7-8,12-13H,5-6,9-10H2,1H3/t12-,13+/m1/s1. The van der Waals surface area contributed by atoms with Crippen LogP contribution in [-0.2, 0) is 0 Å². The van der Waals surface area contributed by atoms with Gasteiger partial charge >= 0.3 is 0 Å². The Hall–Kier alpha value is -1.31. The third-order valence-electron chi connectivity index (χ3n) is 3.90. The van der Waals surface area contributed by atoms with Crippen molar-refractivity contribution in [1.29, 1.82) is 0 Å². The minimum Gasteiger partial charge on any atom is -0.296 e. The van der Waals surface area contributed by atoms with Crippen LogP contribution in [0.15, 0.2) is 35.4 Å². The zero-order valence-electron chi connectivity index (χ0n) is 9.76. The number of hydrogen-bond donors (Lipinski definition) is 0. The lowest BCUT2D eigenvalue weighted by molar-refractivity contribution is 0.198. The number of nitrogens with zero attached hydrogens (tertiary/aromatic N) is 2. The maximum atomic E-state index is 4.75. The van der Waals surface area contributed by atoms with Crippen LogP contribution in [0.5, 0.6) is 0 Å². The van der Waals surface area contributed by atoms with Gasteiger partial charge in [-0.25, -0.2) is 0 Å². The summed E-state index contributed by atoms with van der Waals surface area (Å²) >= 11 is 0. The molecule has 84 valence electrons. The molecule has 1 aromatic carbocycles. The Labute approximate surface area is 97.0 Å². The second-order valence-corrected chi connectivity index (χ2v) is 4.88. The summed E-state index contributed by atoms with van der Waals surface area (Å²) in [6.07, 6.45) is 5.34. The molecule has 0 N–H and O–H groups in total. The highest BCUT2D eigenvalue weighted by molar-refractivity contribution is 6.03. The van der Waals surface area contributed by atoms with Gasteiger partial charge < -0.3 is 0 Å². The van der Waals surface area contributed by atoms with E-state index < -0.39 is 0 Å². The van der Waals surface area contributed by atoms with Gasteiger partial charge in [-0.05, 0) is 18.4 Å². The molecule has 1 saturated carbocycles. The summed E-state index contributed by atoms with van der Waals surface area (Å²) in [5, 5.41) is 6.94. The maximum Gasteiger partial charge on any atom is 0.0729 e. The van der Waals surface area contributed by atoms with Crippen LogP contribution in [0.4, 0.5) is 0 Å². The summed E-state index contributed by atoms with van der Waals surface area (Å²) in [5.74, 6) is 0.668. The van der Waals surface area contributed by atoms with Gasteiger partial charge in [0.2, 0.25) is 0 Å². The van der Waals surface area contributed by atoms with E-state index in [0.717, 1.165) is 0 Å². The minimum absolute atomic E-state index is 0.656. The van der Waals surface area contributed by atoms with Crippen LogP contribution in [0.3, 0.4) is 0 Å². The number of benzene rings is 1. The van der Waals surface area contributed by atoms with Crippen molar-refractivity contribution in [3.8, 4) is 0 Å². The molecule has 1 aliphatic heterocycles. The summed E-state index contributed by atoms with van der Waals surface area (Å²) in [6.45, 7) is 0. The highest BCUT2D eigenvalue weighted by atomic mass is 15.5. The van der Waals surface area contributed by atoms with E-state index in [2.05, 4.69) is 42.4 Å². The molecule has 0 saturated heterocycles. The predicted molar refractivity (Wildman–Crippen MR) is 66.5 cm³/mol. The average molecular weight is 214 g/mol. The topological polar surface area (TPSA) is 15.6 Å². The van der Waals surface area contributed by atoms with Crippen molar-refractivity contribution in [2.24, 2.45) is 11.0 Å². The largest absolute Gasteiger partial charge is 0.296 e. The van der Waals surface area contributed by atoms with Crippen molar-refractivity contribution in [1.82, 2.24) is 5.01 Å². The maximum absolute atomic E-state index is 4.75. The van der Waals surface area contributed by atoms with Gasteiger partial charge in [-0.1, -0.05) is 43.2 Å². The molecule has 2 aliphatic rings. The van der Waals surface area contributed by atoms with E-state index in [4.69, 9.17) is 5.10 Å². The van der Waals surface area contributed by atoms with Crippen LogP contribution in [0, 0.1) is 5.92 Å².